The van der Waals surface area contributed by atoms with E-state index in [1.165, 1.54) is 18.4 Å². The average molecular weight is 581 g/mol. The first kappa shape index (κ1) is 29.9. The molecule has 1 aromatic carbocycles. The number of rotatable bonds is 9. The molecule has 4 aliphatic heterocycles. The molecule has 1 aliphatic carbocycles. The van der Waals surface area contributed by atoms with Crippen LogP contribution in [-0.2, 0) is 9.53 Å². The predicted molar refractivity (Wildman–Crippen MR) is 163 cm³/mol. The van der Waals surface area contributed by atoms with Crippen molar-refractivity contribution in [3.63, 3.8) is 0 Å². The lowest BCUT2D eigenvalue weighted by Crippen LogP contribution is -2.60. The van der Waals surface area contributed by atoms with Crippen LogP contribution in [0.5, 0.6) is 0 Å². The predicted octanol–water partition coefficient (Wildman–Crippen LogP) is 4.72. The SMILES string of the molecule is CC(C)N1C(=O)N(CC2CCOCC2)CC12CC1CCC(C2)N1CC[C@H](NC(=O)[C@H]1CC[C@@H](O)CC1)c1ccccc1. The number of urea groups is 1. The molecule has 1 aromatic rings. The zero-order chi connectivity index (χ0) is 29.3. The molecule has 2 bridgehead atoms. The fourth-order valence-electron chi connectivity index (χ4n) is 9.02. The van der Waals surface area contributed by atoms with Crippen molar-refractivity contribution in [2.24, 2.45) is 11.8 Å². The molecular weight excluding hydrogens is 528 g/mol. The van der Waals surface area contributed by atoms with Gasteiger partial charge in [-0.3, -0.25) is 9.69 Å². The van der Waals surface area contributed by atoms with Gasteiger partial charge in [0.25, 0.3) is 0 Å². The van der Waals surface area contributed by atoms with Crippen molar-refractivity contribution in [2.45, 2.75) is 120 Å². The van der Waals surface area contributed by atoms with Crippen LogP contribution in [-0.4, -0.2) is 94.4 Å². The molecule has 4 saturated heterocycles. The minimum atomic E-state index is -0.257. The second-order valence-corrected chi connectivity index (χ2v) is 14.2. The molecule has 5 aliphatic rings. The standard InChI is InChI=1S/C34H52N4O4/c1-24(2)38-33(41)36(22-25-15-18-42-19-16-25)23-34(38)20-28-10-11-29(21-34)37(28)17-14-31(26-6-4-3-5-7-26)35-32(40)27-8-12-30(39)13-9-27/h3-7,24-25,27-31,39H,8-23H2,1-2H3,(H,35,40)/t27-,28?,29?,30+,31-,34?/m0/s1. The van der Waals surface area contributed by atoms with Crippen molar-refractivity contribution in [3.8, 4) is 0 Å². The first-order valence-corrected chi connectivity index (χ1v) is 16.8. The Bertz CT molecular complexity index is 1050. The Hall–Kier alpha value is -2.16. The van der Waals surface area contributed by atoms with E-state index in [9.17, 15) is 14.7 Å². The van der Waals surface area contributed by atoms with Gasteiger partial charge in [0.1, 0.15) is 0 Å². The largest absolute Gasteiger partial charge is 0.393 e. The lowest BCUT2D eigenvalue weighted by molar-refractivity contribution is -0.127. The van der Waals surface area contributed by atoms with Crippen LogP contribution in [0, 0.1) is 11.8 Å². The number of hydrogen-bond donors (Lipinski definition) is 2. The zero-order valence-corrected chi connectivity index (χ0v) is 25.8. The molecule has 8 nitrogen and oxygen atoms in total. The number of fused-ring (bicyclic) bond motifs is 2. The molecule has 3 amide bonds. The smallest absolute Gasteiger partial charge is 0.320 e. The molecule has 8 heteroatoms. The van der Waals surface area contributed by atoms with Crippen molar-refractivity contribution in [3.05, 3.63) is 35.9 Å². The van der Waals surface area contributed by atoms with E-state index in [4.69, 9.17) is 4.74 Å². The molecule has 4 heterocycles. The Morgan fingerprint density at radius 2 is 1.67 bits per heavy atom. The summed E-state index contributed by atoms with van der Waals surface area (Å²) in [5.41, 5.74) is 1.09. The zero-order valence-electron chi connectivity index (χ0n) is 25.8. The van der Waals surface area contributed by atoms with Gasteiger partial charge < -0.3 is 25.0 Å². The Balaban J connectivity index is 1.12. The molecule has 3 atom stereocenters. The number of aliphatic hydroxyl groups excluding tert-OH is 1. The first-order valence-electron chi connectivity index (χ1n) is 16.8. The molecule has 6 rings (SSSR count). The van der Waals surface area contributed by atoms with Crippen LogP contribution in [0.15, 0.2) is 30.3 Å². The normalized spacial score (nSPS) is 33.1. The lowest BCUT2D eigenvalue weighted by Gasteiger charge is -2.49. The molecule has 232 valence electrons. The highest BCUT2D eigenvalue weighted by Crippen LogP contribution is 2.48. The van der Waals surface area contributed by atoms with E-state index in [1.54, 1.807) is 0 Å². The molecule has 0 aromatic heterocycles. The number of hydrogen-bond acceptors (Lipinski definition) is 5. The maximum absolute atomic E-state index is 13.8. The van der Waals surface area contributed by atoms with Crippen LogP contribution in [0.2, 0.25) is 0 Å². The van der Waals surface area contributed by atoms with Crippen LogP contribution in [0.25, 0.3) is 0 Å². The minimum absolute atomic E-state index is 0.00311. The molecule has 1 saturated carbocycles. The van der Waals surface area contributed by atoms with Gasteiger partial charge in [-0.2, -0.15) is 0 Å². The summed E-state index contributed by atoms with van der Waals surface area (Å²) in [7, 11) is 0. The first-order chi connectivity index (χ1) is 20.3. The maximum atomic E-state index is 13.8. The summed E-state index contributed by atoms with van der Waals surface area (Å²) >= 11 is 0. The Morgan fingerprint density at radius 1 is 1.00 bits per heavy atom. The summed E-state index contributed by atoms with van der Waals surface area (Å²) in [5, 5.41) is 13.3. The van der Waals surface area contributed by atoms with Crippen LogP contribution in [0.3, 0.4) is 0 Å². The van der Waals surface area contributed by atoms with E-state index in [1.807, 2.05) is 6.07 Å². The van der Waals surface area contributed by atoms with Gasteiger partial charge in [-0.25, -0.2) is 4.79 Å². The number of piperidine rings is 1. The quantitative estimate of drug-likeness (QED) is 0.442. The number of carbonyl (C=O) groups is 2. The number of aliphatic hydroxyl groups is 1. The number of carbonyl (C=O) groups excluding carboxylic acids is 2. The topological polar surface area (TPSA) is 85.4 Å². The number of ether oxygens (including phenoxy) is 1. The number of benzene rings is 1. The van der Waals surface area contributed by atoms with Crippen molar-refractivity contribution in [1.29, 1.82) is 0 Å². The van der Waals surface area contributed by atoms with Crippen LogP contribution in [0.1, 0.15) is 96.1 Å². The third kappa shape index (κ3) is 6.22. The second kappa shape index (κ2) is 12.8. The molecule has 42 heavy (non-hydrogen) atoms. The van der Waals surface area contributed by atoms with Gasteiger partial charge in [-0.15, -0.1) is 0 Å². The Labute approximate surface area is 252 Å². The van der Waals surface area contributed by atoms with Gasteiger partial charge in [-0.1, -0.05) is 30.3 Å². The van der Waals surface area contributed by atoms with Crippen LogP contribution in [0.4, 0.5) is 4.79 Å². The minimum Gasteiger partial charge on any atom is -0.393 e. The summed E-state index contributed by atoms with van der Waals surface area (Å²) < 4.78 is 5.58. The number of amides is 3. The van der Waals surface area contributed by atoms with Gasteiger partial charge >= 0.3 is 6.03 Å². The Kier molecular flexibility index (Phi) is 9.13. The van der Waals surface area contributed by atoms with Crippen LogP contribution < -0.4 is 5.32 Å². The van der Waals surface area contributed by atoms with Crippen molar-refractivity contribution >= 4 is 11.9 Å². The van der Waals surface area contributed by atoms with Gasteiger partial charge in [-0.05, 0) is 96.0 Å². The third-order valence-corrected chi connectivity index (χ3v) is 11.1. The highest BCUT2D eigenvalue weighted by Gasteiger charge is 2.57. The van der Waals surface area contributed by atoms with Crippen molar-refractivity contribution in [2.75, 3.05) is 32.8 Å². The van der Waals surface area contributed by atoms with Gasteiger partial charge in [0.2, 0.25) is 5.91 Å². The summed E-state index contributed by atoms with van der Waals surface area (Å²) in [4.78, 5) is 34.2. The van der Waals surface area contributed by atoms with Gasteiger partial charge in [0.05, 0.1) is 17.7 Å². The maximum Gasteiger partial charge on any atom is 0.320 e. The van der Waals surface area contributed by atoms with Crippen LogP contribution >= 0.6 is 0 Å². The lowest BCUT2D eigenvalue weighted by atomic mass is 9.81. The summed E-state index contributed by atoms with van der Waals surface area (Å²) in [5.74, 6) is 0.683. The van der Waals surface area contributed by atoms with E-state index in [0.29, 0.717) is 18.0 Å². The van der Waals surface area contributed by atoms with Crippen molar-refractivity contribution < 1.29 is 19.4 Å². The number of nitrogens with one attached hydrogen (secondary N) is 1. The summed E-state index contributed by atoms with van der Waals surface area (Å²) in [6.45, 7) is 8.69. The summed E-state index contributed by atoms with van der Waals surface area (Å²) in [6.07, 6.45) is 10.2. The number of nitrogens with zero attached hydrogens (tertiary/aromatic N) is 3. The van der Waals surface area contributed by atoms with E-state index in [2.05, 4.69) is 58.1 Å². The van der Waals surface area contributed by atoms with E-state index in [-0.39, 0.29) is 41.6 Å². The van der Waals surface area contributed by atoms with E-state index >= 15 is 0 Å². The average Bonchev–Trinajstić information content (AvgIpc) is 3.40. The molecule has 1 spiro atoms. The fraction of sp³-hybridized carbons (Fsp3) is 0.765. The molecule has 0 radical (unpaired) electrons. The molecule has 2 unspecified atom stereocenters. The molecule has 5 fully saturated rings. The Morgan fingerprint density at radius 3 is 2.31 bits per heavy atom. The monoisotopic (exact) mass is 580 g/mol. The third-order valence-electron chi connectivity index (χ3n) is 11.1. The van der Waals surface area contributed by atoms with Crippen molar-refractivity contribution in [1.82, 2.24) is 20.0 Å². The van der Waals surface area contributed by atoms with E-state index in [0.717, 1.165) is 90.6 Å². The second-order valence-electron chi connectivity index (χ2n) is 14.2. The highest BCUT2D eigenvalue weighted by molar-refractivity contribution is 5.79. The van der Waals surface area contributed by atoms with Gasteiger partial charge in [0, 0.05) is 56.9 Å². The summed E-state index contributed by atoms with van der Waals surface area (Å²) in [6, 6.07) is 11.8. The fourth-order valence-corrected chi connectivity index (χ4v) is 9.02. The molecule has 2 N–H and O–H groups in total. The van der Waals surface area contributed by atoms with E-state index < -0.39 is 0 Å². The molecular formula is C34H52N4O4. The van der Waals surface area contributed by atoms with Gasteiger partial charge in [0.15, 0.2) is 0 Å². The highest BCUT2D eigenvalue weighted by atomic mass is 16.5.